The molecule has 0 aromatic carbocycles. The van der Waals surface area contributed by atoms with E-state index in [1.807, 2.05) is 6.92 Å². The number of anilines is 2. The Kier molecular flexibility index (Phi) is 4.82. The highest BCUT2D eigenvalue weighted by atomic mass is 16.5. The quantitative estimate of drug-likeness (QED) is 0.798. The molecule has 8 heteroatoms. The van der Waals surface area contributed by atoms with Crippen LogP contribution in [0.2, 0.25) is 0 Å². The van der Waals surface area contributed by atoms with Crippen LogP contribution < -0.4 is 11.1 Å². The number of esters is 1. The molecule has 0 radical (unpaired) electrons. The van der Waals surface area contributed by atoms with E-state index in [0.29, 0.717) is 35.5 Å². The molecular formula is C14H18N6O2. The van der Waals surface area contributed by atoms with Gasteiger partial charge < -0.3 is 15.8 Å². The molecule has 8 nitrogen and oxygen atoms in total. The van der Waals surface area contributed by atoms with E-state index >= 15 is 0 Å². The number of aromatic nitrogens is 4. The summed E-state index contributed by atoms with van der Waals surface area (Å²) in [7, 11) is 0. The predicted octanol–water partition coefficient (Wildman–Crippen LogP) is 1.51. The molecule has 0 amide bonds. The van der Waals surface area contributed by atoms with Gasteiger partial charge in [-0.2, -0.15) is 0 Å². The normalized spacial score (nSPS) is 11.8. The summed E-state index contributed by atoms with van der Waals surface area (Å²) in [5.41, 5.74) is 6.52. The third-order valence-electron chi connectivity index (χ3n) is 2.90. The lowest BCUT2D eigenvalue weighted by molar-refractivity contribution is 0.0524. The maximum Gasteiger partial charge on any atom is 0.341 e. The van der Waals surface area contributed by atoms with Gasteiger partial charge in [-0.15, -0.1) is 0 Å². The average Bonchev–Trinajstić information content (AvgIpc) is 2.47. The van der Waals surface area contributed by atoms with Gasteiger partial charge in [-0.1, -0.05) is 0 Å². The summed E-state index contributed by atoms with van der Waals surface area (Å²) in [5.74, 6) is 0.881. The molecule has 2 heterocycles. The van der Waals surface area contributed by atoms with Crippen molar-refractivity contribution in [2.24, 2.45) is 0 Å². The minimum atomic E-state index is -0.432. The molecule has 3 N–H and O–H groups in total. The lowest BCUT2D eigenvalue weighted by atomic mass is 10.2. The molecular weight excluding hydrogens is 284 g/mol. The molecule has 1 atom stereocenters. The van der Waals surface area contributed by atoms with Crippen molar-refractivity contribution < 1.29 is 9.53 Å². The van der Waals surface area contributed by atoms with Crippen LogP contribution in [0.15, 0.2) is 18.5 Å². The summed E-state index contributed by atoms with van der Waals surface area (Å²) in [5, 5.41) is 3.07. The van der Waals surface area contributed by atoms with Crippen LogP contribution in [0.4, 0.5) is 11.8 Å². The first-order valence-electron chi connectivity index (χ1n) is 6.87. The van der Waals surface area contributed by atoms with Crippen LogP contribution in [0.5, 0.6) is 0 Å². The number of carbonyl (C=O) groups excluding carboxylic acids is 1. The standard InChI is InChI=1S/C14H18N6O2/c1-4-22-13(21)10-7-17-14(18-8(10)2)19-9(3)12-16-6-5-11(15)20-12/h5-7,9H,4H2,1-3H3,(H2,15,16,20)(H,17,18,19). The first-order chi connectivity index (χ1) is 10.5. The monoisotopic (exact) mass is 302 g/mol. The van der Waals surface area contributed by atoms with Crippen LogP contribution in [-0.4, -0.2) is 32.5 Å². The second-order valence-electron chi connectivity index (χ2n) is 4.62. The lowest BCUT2D eigenvalue weighted by Crippen LogP contribution is -2.15. The van der Waals surface area contributed by atoms with Crippen molar-refractivity contribution in [3.63, 3.8) is 0 Å². The fourth-order valence-electron chi connectivity index (χ4n) is 1.80. The number of aryl methyl sites for hydroxylation is 1. The van der Waals surface area contributed by atoms with Crippen LogP contribution in [0, 0.1) is 6.92 Å². The van der Waals surface area contributed by atoms with E-state index in [-0.39, 0.29) is 6.04 Å². The molecule has 2 rings (SSSR count). The summed E-state index contributed by atoms with van der Waals surface area (Å²) in [6.45, 7) is 5.65. The molecule has 0 aliphatic carbocycles. The Hall–Kier alpha value is -2.77. The van der Waals surface area contributed by atoms with Crippen molar-refractivity contribution in [1.29, 1.82) is 0 Å². The van der Waals surface area contributed by atoms with Crippen LogP contribution in [-0.2, 0) is 4.74 Å². The van der Waals surface area contributed by atoms with E-state index in [4.69, 9.17) is 10.5 Å². The Bertz CT molecular complexity index is 676. The molecule has 116 valence electrons. The van der Waals surface area contributed by atoms with Gasteiger partial charge in [0, 0.05) is 12.4 Å². The summed E-state index contributed by atoms with van der Waals surface area (Å²) in [4.78, 5) is 28.4. The van der Waals surface area contributed by atoms with Crippen LogP contribution in [0.1, 0.15) is 41.8 Å². The SMILES string of the molecule is CCOC(=O)c1cnc(NC(C)c2nccc(N)n2)nc1C. The lowest BCUT2D eigenvalue weighted by Gasteiger charge is -2.13. The number of nitrogens with one attached hydrogen (secondary N) is 1. The van der Waals surface area contributed by atoms with Crippen LogP contribution in [0.25, 0.3) is 0 Å². The molecule has 0 aliphatic rings. The van der Waals surface area contributed by atoms with Gasteiger partial charge in [0.1, 0.15) is 5.82 Å². The summed E-state index contributed by atoms with van der Waals surface area (Å²) in [6.07, 6.45) is 3.03. The summed E-state index contributed by atoms with van der Waals surface area (Å²) < 4.78 is 4.94. The van der Waals surface area contributed by atoms with Crippen molar-refractivity contribution in [1.82, 2.24) is 19.9 Å². The Morgan fingerprint density at radius 3 is 2.82 bits per heavy atom. The van der Waals surface area contributed by atoms with Gasteiger partial charge in [0.05, 0.1) is 23.9 Å². The number of rotatable bonds is 5. The van der Waals surface area contributed by atoms with Gasteiger partial charge in [0.2, 0.25) is 5.95 Å². The number of hydrogen-bond acceptors (Lipinski definition) is 8. The first kappa shape index (κ1) is 15.6. The number of nitrogens with two attached hydrogens (primary N) is 1. The van der Waals surface area contributed by atoms with Crippen molar-refractivity contribution in [2.45, 2.75) is 26.8 Å². The Labute approximate surface area is 128 Å². The van der Waals surface area contributed by atoms with Crippen molar-refractivity contribution >= 4 is 17.7 Å². The fraction of sp³-hybridized carbons (Fsp3) is 0.357. The summed E-state index contributed by atoms with van der Waals surface area (Å²) >= 11 is 0. The molecule has 0 fully saturated rings. The van der Waals surface area contributed by atoms with Gasteiger partial charge in [-0.3, -0.25) is 0 Å². The van der Waals surface area contributed by atoms with Gasteiger partial charge in [0.15, 0.2) is 5.82 Å². The molecule has 0 spiro atoms. The molecule has 2 aromatic rings. The van der Waals surface area contributed by atoms with Crippen molar-refractivity contribution in [2.75, 3.05) is 17.7 Å². The zero-order valence-electron chi connectivity index (χ0n) is 12.7. The molecule has 0 saturated heterocycles. The third kappa shape index (κ3) is 3.66. The number of nitrogen functional groups attached to an aromatic ring is 1. The zero-order valence-corrected chi connectivity index (χ0v) is 12.7. The van der Waals surface area contributed by atoms with Crippen LogP contribution >= 0.6 is 0 Å². The van der Waals surface area contributed by atoms with Crippen LogP contribution in [0.3, 0.4) is 0 Å². The summed E-state index contributed by atoms with van der Waals surface area (Å²) in [6, 6.07) is 1.39. The maximum absolute atomic E-state index is 11.7. The number of carbonyl (C=O) groups is 1. The minimum Gasteiger partial charge on any atom is -0.462 e. The highest BCUT2D eigenvalue weighted by Gasteiger charge is 2.15. The molecule has 2 aromatic heterocycles. The highest BCUT2D eigenvalue weighted by molar-refractivity contribution is 5.90. The molecule has 0 aliphatic heterocycles. The largest absolute Gasteiger partial charge is 0.462 e. The molecule has 0 saturated carbocycles. The van der Waals surface area contributed by atoms with Crippen molar-refractivity contribution in [3.05, 3.63) is 35.5 Å². The van der Waals surface area contributed by atoms with E-state index in [1.165, 1.54) is 6.20 Å². The number of hydrogen-bond donors (Lipinski definition) is 2. The zero-order chi connectivity index (χ0) is 16.1. The molecule has 22 heavy (non-hydrogen) atoms. The van der Waals surface area contributed by atoms with Gasteiger partial charge in [-0.25, -0.2) is 24.7 Å². The van der Waals surface area contributed by atoms with E-state index in [0.717, 1.165) is 0 Å². The van der Waals surface area contributed by atoms with E-state index in [2.05, 4.69) is 25.3 Å². The average molecular weight is 302 g/mol. The fourth-order valence-corrected chi connectivity index (χ4v) is 1.80. The maximum atomic E-state index is 11.7. The van der Waals surface area contributed by atoms with Crippen molar-refractivity contribution in [3.8, 4) is 0 Å². The topological polar surface area (TPSA) is 116 Å². The minimum absolute atomic E-state index is 0.226. The number of nitrogens with zero attached hydrogens (tertiary/aromatic N) is 4. The van der Waals surface area contributed by atoms with E-state index < -0.39 is 5.97 Å². The van der Waals surface area contributed by atoms with Gasteiger partial charge in [-0.05, 0) is 26.8 Å². The predicted molar refractivity (Wildman–Crippen MR) is 81.2 cm³/mol. The van der Waals surface area contributed by atoms with Gasteiger partial charge in [0.25, 0.3) is 0 Å². The Morgan fingerprint density at radius 2 is 2.18 bits per heavy atom. The third-order valence-corrected chi connectivity index (χ3v) is 2.90. The Balaban J connectivity index is 2.13. The van der Waals surface area contributed by atoms with E-state index in [9.17, 15) is 4.79 Å². The molecule has 0 bridgehead atoms. The second-order valence-corrected chi connectivity index (χ2v) is 4.62. The Morgan fingerprint density at radius 1 is 1.41 bits per heavy atom. The first-order valence-corrected chi connectivity index (χ1v) is 6.87. The highest BCUT2D eigenvalue weighted by Crippen LogP contribution is 2.15. The smallest absolute Gasteiger partial charge is 0.341 e. The molecule has 1 unspecified atom stereocenters. The number of ether oxygens (including phenoxy) is 1. The second kappa shape index (κ2) is 6.79. The van der Waals surface area contributed by atoms with Gasteiger partial charge >= 0.3 is 5.97 Å². The van der Waals surface area contributed by atoms with E-state index in [1.54, 1.807) is 26.1 Å².